The van der Waals surface area contributed by atoms with Gasteiger partial charge in [0.05, 0.1) is 16.6 Å². The van der Waals surface area contributed by atoms with Gasteiger partial charge in [-0.1, -0.05) is 5.16 Å². The van der Waals surface area contributed by atoms with Gasteiger partial charge in [0.15, 0.2) is 5.82 Å². The summed E-state index contributed by atoms with van der Waals surface area (Å²) in [6, 6.07) is 5.08. The van der Waals surface area contributed by atoms with E-state index in [4.69, 9.17) is 10.3 Å². The molecule has 0 aliphatic heterocycles. The Morgan fingerprint density at radius 3 is 2.55 bits per heavy atom. The van der Waals surface area contributed by atoms with Crippen LogP contribution in [0.25, 0.3) is 22.5 Å². The predicted octanol–water partition coefficient (Wildman–Crippen LogP) is 0.604. The van der Waals surface area contributed by atoms with Crippen molar-refractivity contribution in [2.45, 2.75) is 24.8 Å². The van der Waals surface area contributed by atoms with Crippen LogP contribution in [0.15, 0.2) is 32.3 Å². The number of hydrogen-bond donors (Lipinski definition) is 3. The molecule has 0 atom stereocenters. The molecular weight excluding hydrogens is 286 g/mol. The highest BCUT2D eigenvalue weighted by Crippen LogP contribution is 2.37. The average molecular weight is 299 g/mol. The zero-order valence-electron chi connectivity index (χ0n) is 11.5. The molecule has 0 bridgehead atoms. The van der Waals surface area contributed by atoms with Crippen LogP contribution in [0, 0.1) is 0 Å². The Morgan fingerprint density at radius 2 is 1.86 bits per heavy atom. The highest BCUT2D eigenvalue weighted by molar-refractivity contribution is 5.79. The summed E-state index contributed by atoms with van der Waals surface area (Å²) in [7, 11) is 0. The third-order valence-corrected chi connectivity index (χ3v) is 4.09. The fourth-order valence-corrected chi connectivity index (χ4v) is 2.57. The molecule has 0 unspecified atom stereocenters. The van der Waals surface area contributed by atoms with E-state index in [0.29, 0.717) is 28.3 Å². The summed E-state index contributed by atoms with van der Waals surface area (Å²) >= 11 is 0. The number of aromatic nitrogens is 4. The van der Waals surface area contributed by atoms with Gasteiger partial charge in [-0.3, -0.25) is 9.59 Å². The Balaban J connectivity index is 1.79. The molecule has 1 aliphatic rings. The van der Waals surface area contributed by atoms with E-state index in [9.17, 15) is 9.59 Å². The lowest BCUT2D eigenvalue weighted by Gasteiger charge is -2.34. The SMILES string of the molecule is NC1(c2noc(-c3ccc4[nH]c(=O)c(=O)[nH]c4c3)n2)CCC1. The Morgan fingerprint density at radius 1 is 1.14 bits per heavy atom. The van der Waals surface area contributed by atoms with Crippen molar-refractivity contribution in [3.63, 3.8) is 0 Å². The van der Waals surface area contributed by atoms with E-state index in [1.54, 1.807) is 18.2 Å². The van der Waals surface area contributed by atoms with Crippen molar-refractivity contribution in [3.8, 4) is 11.5 Å². The maximum Gasteiger partial charge on any atom is 0.314 e. The summed E-state index contributed by atoms with van der Waals surface area (Å²) in [5.74, 6) is 0.837. The molecule has 0 saturated heterocycles. The number of H-pyrrole nitrogens is 2. The molecule has 22 heavy (non-hydrogen) atoms. The third kappa shape index (κ3) is 1.88. The van der Waals surface area contributed by atoms with E-state index < -0.39 is 16.7 Å². The van der Waals surface area contributed by atoms with Crippen LogP contribution in [0.3, 0.4) is 0 Å². The van der Waals surface area contributed by atoms with Gasteiger partial charge in [-0.15, -0.1) is 0 Å². The Bertz CT molecular complexity index is 980. The minimum absolute atomic E-state index is 0.334. The lowest BCUT2D eigenvalue weighted by molar-refractivity contribution is 0.229. The summed E-state index contributed by atoms with van der Waals surface area (Å²) in [4.78, 5) is 32.0. The Labute approximate surface area is 123 Å². The first-order valence-corrected chi connectivity index (χ1v) is 6.95. The number of aromatic amines is 2. The molecule has 112 valence electrons. The molecular formula is C14H13N5O3. The standard InChI is InChI=1S/C14H13N5O3/c15-14(4-1-5-14)13-18-12(22-19-13)7-2-3-8-9(6-7)17-11(21)10(20)16-8/h2-3,6H,1,4-5,15H2,(H,16,20)(H,17,21). The zero-order chi connectivity index (χ0) is 15.3. The van der Waals surface area contributed by atoms with E-state index in [1.807, 2.05) is 0 Å². The number of nitrogens with one attached hydrogen (secondary N) is 2. The molecule has 0 radical (unpaired) electrons. The van der Waals surface area contributed by atoms with Crippen molar-refractivity contribution in [1.29, 1.82) is 0 Å². The van der Waals surface area contributed by atoms with Crippen molar-refractivity contribution in [2.24, 2.45) is 5.73 Å². The van der Waals surface area contributed by atoms with E-state index in [2.05, 4.69) is 20.1 Å². The summed E-state index contributed by atoms with van der Waals surface area (Å²) in [6.07, 6.45) is 2.75. The summed E-state index contributed by atoms with van der Waals surface area (Å²) < 4.78 is 5.27. The van der Waals surface area contributed by atoms with Crippen LogP contribution in [-0.2, 0) is 5.54 Å². The van der Waals surface area contributed by atoms with Crippen LogP contribution < -0.4 is 16.9 Å². The first kappa shape index (κ1) is 13.0. The van der Waals surface area contributed by atoms with Gasteiger partial charge in [-0.05, 0) is 37.5 Å². The number of nitrogens with two attached hydrogens (primary N) is 1. The van der Waals surface area contributed by atoms with Crippen LogP contribution in [0.5, 0.6) is 0 Å². The second-order valence-electron chi connectivity index (χ2n) is 5.60. The van der Waals surface area contributed by atoms with Crippen molar-refractivity contribution >= 4 is 11.0 Å². The summed E-state index contributed by atoms with van der Waals surface area (Å²) in [5, 5.41) is 3.96. The van der Waals surface area contributed by atoms with E-state index in [-0.39, 0.29) is 0 Å². The van der Waals surface area contributed by atoms with Crippen LogP contribution in [0.2, 0.25) is 0 Å². The molecule has 3 aromatic rings. The highest BCUT2D eigenvalue weighted by Gasteiger charge is 2.39. The first-order chi connectivity index (χ1) is 10.5. The molecule has 4 N–H and O–H groups in total. The molecule has 1 aromatic carbocycles. The molecule has 0 amide bonds. The van der Waals surface area contributed by atoms with Gasteiger partial charge in [0.1, 0.15) is 0 Å². The second kappa shape index (κ2) is 4.38. The number of benzene rings is 1. The molecule has 1 fully saturated rings. The molecule has 1 aliphatic carbocycles. The van der Waals surface area contributed by atoms with E-state index in [0.717, 1.165) is 19.3 Å². The van der Waals surface area contributed by atoms with Gasteiger partial charge in [0.25, 0.3) is 5.89 Å². The molecule has 8 nitrogen and oxygen atoms in total. The van der Waals surface area contributed by atoms with Crippen molar-refractivity contribution < 1.29 is 4.52 Å². The molecule has 1 saturated carbocycles. The van der Waals surface area contributed by atoms with Crippen molar-refractivity contribution in [3.05, 3.63) is 44.7 Å². The van der Waals surface area contributed by atoms with Gasteiger partial charge in [-0.2, -0.15) is 4.98 Å². The van der Waals surface area contributed by atoms with Crippen LogP contribution in [-0.4, -0.2) is 20.1 Å². The normalized spacial score (nSPS) is 16.6. The maximum absolute atomic E-state index is 11.4. The topological polar surface area (TPSA) is 131 Å². The van der Waals surface area contributed by atoms with E-state index in [1.165, 1.54) is 0 Å². The van der Waals surface area contributed by atoms with Crippen molar-refractivity contribution in [1.82, 2.24) is 20.1 Å². The lowest BCUT2D eigenvalue weighted by atomic mass is 9.77. The summed E-state index contributed by atoms with van der Waals surface area (Å²) in [5.41, 5.74) is 5.97. The molecule has 2 heterocycles. The number of hydrogen-bond acceptors (Lipinski definition) is 6. The maximum atomic E-state index is 11.4. The number of nitrogens with zero attached hydrogens (tertiary/aromatic N) is 2. The number of rotatable bonds is 2. The molecule has 2 aromatic heterocycles. The van der Waals surface area contributed by atoms with Crippen molar-refractivity contribution in [2.75, 3.05) is 0 Å². The third-order valence-electron chi connectivity index (χ3n) is 4.09. The first-order valence-electron chi connectivity index (χ1n) is 6.95. The van der Waals surface area contributed by atoms with Gasteiger partial charge in [0, 0.05) is 5.56 Å². The minimum Gasteiger partial charge on any atom is -0.334 e. The Kier molecular flexibility index (Phi) is 2.58. The van der Waals surface area contributed by atoms with Gasteiger partial charge >= 0.3 is 11.1 Å². The van der Waals surface area contributed by atoms with Gasteiger partial charge in [0.2, 0.25) is 0 Å². The molecule has 8 heteroatoms. The second-order valence-corrected chi connectivity index (χ2v) is 5.60. The lowest BCUT2D eigenvalue weighted by Crippen LogP contribution is -2.44. The monoisotopic (exact) mass is 299 g/mol. The smallest absolute Gasteiger partial charge is 0.314 e. The number of fused-ring (bicyclic) bond motifs is 1. The van der Waals surface area contributed by atoms with Crippen LogP contribution in [0.4, 0.5) is 0 Å². The molecule has 4 rings (SSSR count). The Hall–Kier alpha value is -2.74. The fraction of sp³-hybridized carbons (Fsp3) is 0.286. The van der Waals surface area contributed by atoms with E-state index >= 15 is 0 Å². The minimum atomic E-state index is -0.703. The quantitative estimate of drug-likeness (QED) is 0.594. The van der Waals surface area contributed by atoms with Crippen LogP contribution >= 0.6 is 0 Å². The zero-order valence-corrected chi connectivity index (χ0v) is 11.5. The highest BCUT2D eigenvalue weighted by atomic mass is 16.5. The molecule has 0 spiro atoms. The van der Waals surface area contributed by atoms with Gasteiger partial charge < -0.3 is 20.2 Å². The largest absolute Gasteiger partial charge is 0.334 e. The predicted molar refractivity (Wildman–Crippen MR) is 78.2 cm³/mol. The van der Waals surface area contributed by atoms with Crippen LogP contribution in [0.1, 0.15) is 25.1 Å². The van der Waals surface area contributed by atoms with Gasteiger partial charge in [-0.25, -0.2) is 0 Å². The summed E-state index contributed by atoms with van der Waals surface area (Å²) in [6.45, 7) is 0. The average Bonchev–Trinajstić information content (AvgIpc) is 2.96. The fourth-order valence-electron chi connectivity index (χ4n) is 2.57.